The van der Waals surface area contributed by atoms with Crippen LogP contribution in [-0.2, 0) is 4.79 Å². The molecule has 0 spiro atoms. The number of amides is 2. The highest BCUT2D eigenvalue weighted by Crippen LogP contribution is 2.36. The highest BCUT2D eigenvalue weighted by Gasteiger charge is 2.41. The molecule has 3 atom stereocenters. The molecule has 1 heterocycles. The van der Waals surface area contributed by atoms with Crippen molar-refractivity contribution in [2.45, 2.75) is 51.6 Å². The molecule has 5 heteroatoms. The third-order valence-electron chi connectivity index (χ3n) is 5.18. The summed E-state index contributed by atoms with van der Waals surface area (Å²) in [6.45, 7) is 5.07. The number of carbonyl (C=O) groups excluding carboxylic acids is 2. The molecule has 1 aliphatic heterocycles. The van der Waals surface area contributed by atoms with Gasteiger partial charge in [0.25, 0.3) is 5.91 Å². The van der Waals surface area contributed by atoms with Gasteiger partial charge in [0.05, 0.1) is 7.11 Å². The van der Waals surface area contributed by atoms with Crippen LogP contribution in [0.2, 0.25) is 0 Å². The molecule has 1 saturated carbocycles. The van der Waals surface area contributed by atoms with E-state index < -0.39 is 0 Å². The van der Waals surface area contributed by atoms with Crippen molar-refractivity contribution in [3.63, 3.8) is 0 Å². The number of benzene rings is 1. The van der Waals surface area contributed by atoms with Crippen molar-refractivity contribution >= 4 is 11.8 Å². The minimum absolute atomic E-state index is 0.00983. The number of hydrogen-bond acceptors (Lipinski definition) is 3. The molecule has 1 N–H and O–H groups in total. The Kier molecular flexibility index (Phi) is 5.30. The first-order valence-electron chi connectivity index (χ1n) is 9.25. The molecule has 1 aromatic rings. The Balaban J connectivity index is 1.59. The van der Waals surface area contributed by atoms with Crippen molar-refractivity contribution in [2.75, 3.05) is 13.7 Å². The Bertz CT molecular complexity index is 626. The van der Waals surface area contributed by atoms with Crippen molar-refractivity contribution in [2.24, 2.45) is 11.8 Å². The van der Waals surface area contributed by atoms with E-state index in [0.717, 1.165) is 31.4 Å². The quantitative estimate of drug-likeness (QED) is 0.863. The minimum atomic E-state index is -0.338. The topological polar surface area (TPSA) is 58.6 Å². The molecular weight excluding hydrogens is 316 g/mol. The first-order chi connectivity index (χ1) is 12.0. The average molecular weight is 344 g/mol. The smallest absolute Gasteiger partial charge is 0.254 e. The molecule has 2 fully saturated rings. The van der Waals surface area contributed by atoms with E-state index >= 15 is 0 Å². The van der Waals surface area contributed by atoms with Gasteiger partial charge in [-0.15, -0.1) is 0 Å². The van der Waals surface area contributed by atoms with Gasteiger partial charge in [-0.05, 0) is 61.8 Å². The molecular formula is C20H28N2O3. The van der Waals surface area contributed by atoms with Crippen molar-refractivity contribution in [3.8, 4) is 5.75 Å². The molecule has 1 aliphatic carbocycles. The highest BCUT2D eigenvalue weighted by molar-refractivity contribution is 5.98. The summed E-state index contributed by atoms with van der Waals surface area (Å²) in [5.74, 6) is 1.92. The largest absolute Gasteiger partial charge is 0.497 e. The van der Waals surface area contributed by atoms with E-state index in [0.29, 0.717) is 30.0 Å². The molecule has 2 amide bonds. The molecule has 1 unspecified atom stereocenters. The Labute approximate surface area is 149 Å². The summed E-state index contributed by atoms with van der Waals surface area (Å²) in [6, 6.07) is 7.03. The lowest BCUT2D eigenvalue weighted by atomic mass is 10.1. The van der Waals surface area contributed by atoms with Gasteiger partial charge in [0.15, 0.2) is 0 Å². The first-order valence-corrected chi connectivity index (χ1v) is 9.25. The molecule has 1 aromatic carbocycles. The van der Waals surface area contributed by atoms with Gasteiger partial charge in [0, 0.05) is 18.2 Å². The molecule has 0 aromatic heterocycles. The second-order valence-corrected chi connectivity index (χ2v) is 7.63. The summed E-state index contributed by atoms with van der Waals surface area (Å²) in [6.07, 6.45) is 3.85. The van der Waals surface area contributed by atoms with Gasteiger partial charge in [-0.25, -0.2) is 0 Å². The van der Waals surface area contributed by atoms with Crippen LogP contribution >= 0.6 is 0 Å². The van der Waals surface area contributed by atoms with Crippen LogP contribution < -0.4 is 10.1 Å². The maximum absolute atomic E-state index is 12.8. The summed E-state index contributed by atoms with van der Waals surface area (Å²) >= 11 is 0. The number of methoxy groups -OCH3 is 1. The van der Waals surface area contributed by atoms with E-state index in [1.807, 2.05) is 0 Å². The number of carbonyl (C=O) groups is 2. The molecule has 25 heavy (non-hydrogen) atoms. The van der Waals surface area contributed by atoms with Gasteiger partial charge < -0.3 is 15.0 Å². The lowest BCUT2D eigenvalue weighted by molar-refractivity contribution is -0.125. The van der Waals surface area contributed by atoms with E-state index in [9.17, 15) is 9.59 Å². The highest BCUT2D eigenvalue weighted by atomic mass is 16.5. The molecule has 0 radical (unpaired) electrons. The number of nitrogens with one attached hydrogen (secondary N) is 1. The predicted molar refractivity (Wildman–Crippen MR) is 96.5 cm³/mol. The number of hydrogen-bond donors (Lipinski definition) is 1. The number of ether oxygens (including phenoxy) is 1. The van der Waals surface area contributed by atoms with Crippen LogP contribution in [0.1, 0.15) is 49.9 Å². The number of rotatable bonds is 6. The normalized spacial score (nSPS) is 25.1. The van der Waals surface area contributed by atoms with Crippen LogP contribution in [-0.4, -0.2) is 42.5 Å². The van der Waals surface area contributed by atoms with Gasteiger partial charge in [-0.3, -0.25) is 9.59 Å². The van der Waals surface area contributed by atoms with E-state index in [1.165, 1.54) is 0 Å². The van der Waals surface area contributed by atoms with Crippen molar-refractivity contribution in [1.82, 2.24) is 10.2 Å². The van der Waals surface area contributed by atoms with Gasteiger partial charge >= 0.3 is 0 Å². The lowest BCUT2D eigenvalue weighted by Gasteiger charge is -2.24. The molecule has 3 rings (SSSR count). The Hall–Kier alpha value is -2.04. The number of likely N-dealkylation sites (tertiary alicyclic amines) is 1. The Morgan fingerprint density at radius 3 is 2.64 bits per heavy atom. The molecule has 0 bridgehead atoms. The van der Waals surface area contributed by atoms with Crippen molar-refractivity contribution in [3.05, 3.63) is 29.8 Å². The van der Waals surface area contributed by atoms with E-state index in [4.69, 9.17) is 4.74 Å². The fraction of sp³-hybridized carbons (Fsp3) is 0.600. The zero-order valence-electron chi connectivity index (χ0n) is 15.3. The van der Waals surface area contributed by atoms with Gasteiger partial charge in [-0.2, -0.15) is 0 Å². The average Bonchev–Trinajstić information content (AvgIpc) is 3.12. The van der Waals surface area contributed by atoms with E-state index in [2.05, 4.69) is 19.2 Å². The van der Waals surface area contributed by atoms with Crippen LogP contribution in [0.3, 0.4) is 0 Å². The van der Waals surface area contributed by atoms with Crippen LogP contribution in [0.15, 0.2) is 24.3 Å². The summed E-state index contributed by atoms with van der Waals surface area (Å²) in [5.41, 5.74) is 0.601. The third kappa shape index (κ3) is 4.14. The van der Waals surface area contributed by atoms with Crippen LogP contribution in [0.4, 0.5) is 0 Å². The second-order valence-electron chi connectivity index (χ2n) is 7.63. The summed E-state index contributed by atoms with van der Waals surface area (Å²) in [4.78, 5) is 27.1. The first kappa shape index (κ1) is 17.8. The van der Waals surface area contributed by atoms with Gasteiger partial charge in [0.1, 0.15) is 11.8 Å². The van der Waals surface area contributed by atoms with Crippen molar-refractivity contribution < 1.29 is 14.3 Å². The summed E-state index contributed by atoms with van der Waals surface area (Å²) in [7, 11) is 1.60. The zero-order chi connectivity index (χ0) is 18.0. The minimum Gasteiger partial charge on any atom is -0.497 e. The maximum Gasteiger partial charge on any atom is 0.254 e. The summed E-state index contributed by atoms with van der Waals surface area (Å²) < 4.78 is 5.13. The maximum atomic E-state index is 12.8. The van der Waals surface area contributed by atoms with E-state index in [-0.39, 0.29) is 17.9 Å². The van der Waals surface area contributed by atoms with Crippen LogP contribution in [0, 0.1) is 11.8 Å². The van der Waals surface area contributed by atoms with Crippen molar-refractivity contribution in [1.29, 1.82) is 0 Å². The fourth-order valence-electron chi connectivity index (χ4n) is 3.75. The SMILES string of the molecule is COc1ccc(C(=O)N2CCCC2C(=O)N[C@@H]2C[C@H]2CC(C)C)cc1. The van der Waals surface area contributed by atoms with E-state index in [1.54, 1.807) is 36.3 Å². The Morgan fingerprint density at radius 2 is 2.00 bits per heavy atom. The second kappa shape index (κ2) is 7.46. The number of nitrogens with zero attached hydrogens (tertiary/aromatic N) is 1. The predicted octanol–water partition coefficient (Wildman–Crippen LogP) is 2.85. The molecule has 2 aliphatic rings. The van der Waals surface area contributed by atoms with Gasteiger partial charge in [0.2, 0.25) is 5.91 Å². The van der Waals surface area contributed by atoms with Crippen LogP contribution in [0.25, 0.3) is 0 Å². The zero-order valence-corrected chi connectivity index (χ0v) is 15.3. The van der Waals surface area contributed by atoms with Gasteiger partial charge in [-0.1, -0.05) is 13.8 Å². The molecule has 1 saturated heterocycles. The fourth-order valence-corrected chi connectivity index (χ4v) is 3.75. The molecule has 136 valence electrons. The standard InChI is InChI=1S/C20H28N2O3/c1-13(2)11-15-12-17(15)21-19(23)18-5-4-10-22(18)20(24)14-6-8-16(25-3)9-7-14/h6-9,13,15,17-18H,4-5,10-12H2,1-3H3,(H,21,23)/t15-,17-,18?/m1/s1. The monoisotopic (exact) mass is 344 g/mol. The summed E-state index contributed by atoms with van der Waals surface area (Å²) in [5, 5.41) is 3.15. The Morgan fingerprint density at radius 1 is 1.28 bits per heavy atom. The van der Waals surface area contributed by atoms with Crippen LogP contribution in [0.5, 0.6) is 5.75 Å². The third-order valence-corrected chi connectivity index (χ3v) is 5.18. The lowest BCUT2D eigenvalue weighted by Crippen LogP contribution is -2.46. The molecule has 5 nitrogen and oxygen atoms in total.